The number of rotatable bonds is 4. The van der Waals surface area contributed by atoms with E-state index in [0.717, 1.165) is 23.9 Å². The molecule has 124 valence electrons. The highest BCUT2D eigenvalue weighted by molar-refractivity contribution is 5.95. The number of aromatic nitrogens is 1. The summed E-state index contributed by atoms with van der Waals surface area (Å²) in [5, 5.41) is 1.17. The van der Waals surface area contributed by atoms with Crippen molar-refractivity contribution in [3.63, 3.8) is 0 Å². The molecule has 4 rings (SSSR count). The van der Waals surface area contributed by atoms with Crippen LogP contribution in [0.15, 0.2) is 72.8 Å². The minimum Gasteiger partial charge on any atom is -0.287 e. The normalized spacial score (nSPS) is 14.3. The first-order chi connectivity index (χ1) is 12.3. The summed E-state index contributed by atoms with van der Waals surface area (Å²) in [5.74, 6) is 0.152. The van der Waals surface area contributed by atoms with E-state index >= 15 is 0 Å². The van der Waals surface area contributed by atoms with Gasteiger partial charge in [0.1, 0.15) is 0 Å². The summed E-state index contributed by atoms with van der Waals surface area (Å²) >= 11 is 0. The lowest BCUT2D eigenvalue weighted by molar-refractivity contribution is -0.659. The zero-order valence-corrected chi connectivity index (χ0v) is 14.3. The van der Waals surface area contributed by atoms with Gasteiger partial charge in [-0.3, -0.25) is 4.79 Å². The highest BCUT2D eigenvalue weighted by atomic mass is 16.1. The van der Waals surface area contributed by atoms with Crippen molar-refractivity contribution in [2.45, 2.75) is 32.2 Å². The number of hydrogen-bond donors (Lipinski definition) is 0. The Kier molecular flexibility index (Phi) is 4.43. The van der Waals surface area contributed by atoms with Gasteiger partial charge in [0, 0.05) is 28.7 Å². The number of ketones is 1. The van der Waals surface area contributed by atoms with E-state index in [0.29, 0.717) is 6.54 Å². The predicted molar refractivity (Wildman–Crippen MR) is 101 cm³/mol. The Morgan fingerprint density at radius 2 is 1.68 bits per heavy atom. The van der Waals surface area contributed by atoms with Crippen LogP contribution in [0.3, 0.4) is 0 Å². The lowest BCUT2D eigenvalue weighted by Crippen LogP contribution is -2.42. The minimum atomic E-state index is 0.152. The van der Waals surface area contributed by atoms with Crippen LogP contribution in [0, 0.1) is 0 Å². The Bertz CT molecular complexity index is 941. The molecule has 0 amide bonds. The van der Waals surface area contributed by atoms with Crippen molar-refractivity contribution >= 4 is 22.3 Å². The standard InChI is InChI=1S/C23H22NO/c25-23(20-12-5-2-6-13-20)17-24-21-14-8-7-11-19(21)15-16-22(24)18-9-3-1-4-10-18/h2,5-9,11-16H,1,3-4,10,17H2/q+1. The molecule has 0 fully saturated rings. The van der Waals surface area contributed by atoms with Gasteiger partial charge in [-0.15, -0.1) is 0 Å². The SMILES string of the molecule is O=C(C[n+]1c(C2=CCCCC2)ccc2ccccc21)c1ccccc1. The molecule has 0 aliphatic heterocycles. The molecule has 0 N–H and O–H groups in total. The van der Waals surface area contributed by atoms with Gasteiger partial charge in [-0.2, -0.15) is 4.57 Å². The maximum Gasteiger partial charge on any atom is 0.227 e. The third kappa shape index (κ3) is 3.25. The Labute approximate surface area is 148 Å². The van der Waals surface area contributed by atoms with Crippen molar-refractivity contribution in [2.24, 2.45) is 0 Å². The van der Waals surface area contributed by atoms with E-state index in [1.54, 1.807) is 0 Å². The fraction of sp³-hybridized carbons (Fsp3) is 0.217. The molecule has 0 radical (unpaired) electrons. The van der Waals surface area contributed by atoms with Crippen LogP contribution in [-0.4, -0.2) is 5.78 Å². The molecule has 2 heteroatoms. The second-order valence-electron chi connectivity index (χ2n) is 6.63. The van der Waals surface area contributed by atoms with Crippen LogP contribution in [0.25, 0.3) is 16.5 Å². The van der Waals surface area contributed by atoms with E-state index in [4.69, 9.17) is 0 Å². The summed E-state index contributed by atoms with van der Waals surface area (Å²) in [6, 6.07) is 22.2. The summed E-state index contributed by atoms with van der Waals surface area (Å²) in [6.07, 6.45) is 7.06. The minimum absolute atomic E-state index is 0.152. The summed E-state index contributed by atoms with van der Waals surface area (Å²) in [6.45, 7) is 0.373. The van der Waals surface area contributed by atoms with Crippen LogP contribution < -0.4 is 4.57 Å². The van der Waals surface area contributed by atoms with Gasteiger partial charge in [-0.05, 0) is 37.8 Å². The van der Waals surface area contributed by atoms with Gasteiger partial charge in [0.2, 0.25) is 23.5 Å². The van der Waals surface area contributed by atoms with Crippen LogP contribution in [0.2, 0.25) is 0 Å². The molecule has 25 heavy (non-hydrogen) atoms. The second kappa shape index (κ2) is 7.02. The average Bonchev–Trinajstić information content (AvgIpc) is 2.69. The Morgan fingerprint density at radius 1 is 0.880 bits per heavy atom. The molecular formula is C23H22NO+. The smallest absolute Gasteiger partial charge is 0.227 e. The van der Waals surface area contributed by atoms with E-state index < -0.39 is 0 Å². The number of fused-ring (bicyclic) bond motifs is 1. The van der Waals surface area contributed by atoms with Crippen molar-refractivity contribution < 1.29 is 9.36 Å². The quantitative estimate of drug-likeness (QED) is 0.489. The van der Waals surface area contributed by atoms with E-state index in [2.05, 4.69) is 34.9 Å². The molecule has 1 heterocycles. The number of benzene rings is 2. The number of allylic oxidation sites excluding steroid dienone is 2. The van der Waals surface area contributed by atoms with E-state index in [1.165, 1.54) is 29.5 Å². The first-order valence-electron chi connectivity index (χ1n) is 9.02. The number of nitrogens with zero attached hydrogens (tertiary/aromatic N) is 1. The number of para-hydroxylation sites is 1. The lowest BCUT2D eigenvalue weighted by atomic mass is 9.95. The van der Waals surface area contributed by atoms with Crippen LogP contribution in [0.1, 0.15) is 41.7 Å². The van der Waals surface area contributed by atoms with Crippen LogP contribution in [-0.2, 0) is 6.54 Å². The van der Waals surface area contributed by atoms with Gasteiger partial charge < -0.3 is 0 Å². The number of Topliss-reactive ketones (excluding diaryl/α,β-unsaturated/α-hetero) is 1. The summed E-state index contributed by atoms with van der Waals surface area (Å²) in [7, 11) is 0. The van der Waals surface area contributed by atoms with Crippen molar-refractivity contribution in [2.75, 3.05) is 0 Å². The third-order valence-electron chi connectivity index (χ3n) is 4.96. The molecule has 0 atom stereocenters. The van der Waals surface area contributed by atoms with Crippen LogP contribution in [0.4, 0.5) is 0 Å². The molecule has 0 bridgehead atoms. The molecule has 2 aromatic carbocycles. The summed E-state index contributed by atoms with van der Waals surface area (Å²) in [4.78, 5) is 12.9. The van der Waals surface area contributed by atoms with Gasteiger partial charge in [0.25, 0.3) is 0 Å². The average molecular weight is 328 g/mol. The van der Waals surface area contributed by atoms with Gasteiger partial charge in [-0.25, -0.2) is 0 Å². The van der Waals surface area contributed by atoms with Crippen LogP contribution >= 0.6 is 0 Å². The predicted octanol–water partition coefficient (Wildman–Crippen LogP) is 4.97. The second-order valence-corrected chi connectivity index (χ2v) is 6.63. The zero-order chi connectivity index (χ0) is 17.1. The molecule has 1 aliphatic carbocycles. The van der Waals surface area contributed by atoms with E-state index in [1.807, 2.05) is 42.5 Å². The summed E-state index contributed by atoms with van der Waals surface area (Å²) in [5.41, 5.74) is 4.45. The van der Waals surface area contributed by atoms with E-state index in [-0.39, 0.29) is 5.78 Å². The first-order valence-corrected chi connectivity index (χ1v) is 9.02. The zero-order valence-electron chi connectivity index (χ0n) is 14.3. The number of pyridine rings is 1. The van der Waals surface area contributed by atoms with Gasteiger partial charge in [0.05, 0.1) is 0 Å². The largest absolute Gasteiger partial charge is 0.287 e. The molecule has 3 aromatic rings. The fourth-order valence-electron chi connectivity index (χ4n) is 3.64. The first kappa shape index (κ1) is 15.8. The maximum atomic E-state index is 12.9. The highest BCUT2D eigenvalue weighted by Gasteiger charge is 2.23. The van der Waals surface area contributed by atoms with Crippen molar-refractivity contribution in [1.82, 2.24) is 0 Å². The number of carbonyl (C=O) groups is 1. The molecule has 1 aromatic heterocycles. The van der Waals surface area contributed by atoms with Crippen molar-refractivity contribution in [1.29, 1.82) is 0 Å². The van der Waals surface area contributed by atoms with Gasteiger partial charge in [0.15, 0.2) is 0 Å². The number of carbonyl (C=O) groups excluding carboxylic acids is 1. The lowest BCUT2D eigenvalue weighted by Gasteiger charge is -2.13. The van der Waals surface area contributed by atoms with E-state index in [9.17, 15) is 4.79 Å². The Hall–Kier alpha value is -2.74. The van der Waals surface area contributed by atoms with Gasteiger partial charge >= 0.3 is 0 Å². The highest BCUT2D eigenvalue weighted by Crippen LogP contribution is 2.26. The molecular weight excluding hydrogens is 306 g/mol. The monoisotopic (exact) mass is 328 g/mol. The Morgan fingerprint density at radius 3 is 2.48 bits per heavy atom. The Balaban J connectivity index is 1.81. The van der Waals surface area contributed by atoms with Crippen LogP contribution in [0.5, 0.6) is 0 Å². The third-order valence-corrected chi connectivity index (χ3v) is 4.96. The molecule has 0 saturated heterocycles. The molecule has 0 saturated carbocycles. The number of hydrogen-bond acceptors (Lipinski definition) is 1. The molecule has 0 unspecified atom stereocenters. The summed E-state index contributed by atoms with van der Waals surface area (Å²) < 4.78 is 2.20. The topological polar surface area (TPSA) is 20.9 Å². The fourth-order valence-corrected chi connectivity index (χ4v) is 3.64. The molecule has 0 spiro atoms. The molecule has 1 aliphatic rings. The maximum absolute atomic E-state index is 12.9. The van der Waals surface area contributed by atoms with Crippen molar-refractivity contribution in [3.8, 4) is 0 Å². The van der Waals surface area contributed by atoms with Gasteiger partial charge in [-0.1, -0.05) is 48.5 Å². The van der Waals surface area contributed by atoms with Crippen molar-refractivity contribution in [3.05, 3.63) is 84.1 Å². The molecule has 2 nitrogen and oxygen atoms in total.